The maximum absolute atomic E-state index is 9.89. The first-order chi connectivity index (χ1) is 7.21. The van der Waals surface area contributed by atoms with Crippen molar-refractivity contribution >= 4 is 0 Å². The Balaban J connectivity index is 2.25. The zero-order chi connectivity index (χ0) is 12.4. The van der Waals surface area contributed by atoms with Gasteiger partial charge in [0.25, 0.3) is 0 Å². The van der Waals surface area contributed by atoms with Crippen LogP contribution < -0.4 is 0 Å². The second kappa shape index (κ2) is 5.05. The number of hydrogen-bond donors (Lipinski definition) is 1. The van der Waals surface area contributed by atoms with Gasteiger partial charge in [0.1, 0.15) is 0 Å². The first-order valence-electron chi connectivity index (χ1n) is 6.50. The van der Waals surface area contributed by atoms with Crippen molar-refractivity contribution in [1.29, 1.82) is 0 Å². The molecule has 1 unspecified atom stereocenters. The molecule has 0 saturated heterocycles. The number of ether oxygens (including phenoxy) is 1. The molecule has 0 aliphatic heterocycles. The average Bonchev–Trinajstić information content (AvgIpc) is 2.14. The van der Waals surface area contributed by atoms with Crippen molar-refractivity contribution in [3.8, 4) is 0 Å². The largest absolute Gasteiger partial charge is 0.390 e. The van der Waals surface area contributed by atoms with Gasteiger partial charge in [-0.1, -0.05) is 34.6 Å². The summed E-state index contributed by atoms with van der Waals surface area (Å²) in [6, 6.07) is 0. The van der Waals surface area contributed by atoms with Crippen LogP contribution in [0.15, 0.2) is 0 Å². The Morgan fingerprint density at radius 2 is 1.75 bits per heavy atom. The van der Waals surface area contributed by atoms with Gasteiger partial charge in [-0.15, -0.1) is 0 Å². The van der Waals surface area contributed by atoms with E-state index in [-0.39, 0.29) is 11.5 Å². The highest BCUT2D eigenvalue weighted by atomic mass is 16.5. The zero-order valence-corrected chi connectivity index (χ0v) is 11.5. The lowest BCUT2D eigenvalue weighted by molar-refractivity contribution is -0.0671. The van der Waals surface area contributed by atoms with Gasteiger partial charge in [0.05, 0.1) is 18.8 Å². The fourth-order valence-electron chi connectivity index (χ4n) is 2.02. The van der Waals surface area contributed by atoms with Crippen LogP contribution in [0.5, 0.6) is 0 Å². The molecule has 0 amide bonds. The maximum atomic E-state index is 9.89. The fraction of sp³-hybridized carbons (Fsp3) is 1.00. The molecule has 1 fully saturated rings. The third kappa shape index (κ3) is 4.42. The molecular weight excluding hydrogens is 200 g/mol. The second-order valence-corrected chi connectivity index (χ2v) is 7.08. The Kier molecular flexibility index (Phi) is 4.42. The number of aliphatic hydroxyl groups is 1. The van der Waals surface area contributed by atoms with Crippen LogP contribution in [0.25, 0.3) is 0 Å². The summed E-state index contributed by atoms with van der Waals surface area (Å²) in [4.78, 5) is 0. The third-order valence-electron chi connectivity index (χ3n) is 3.78. The molecule has 1 saturated carbocycles. The molecule has 2 heteroatoms. The predicted molar refractivity (Wildman–Crippen MR) is 67.5 cm³/mol. The Morgan fingerprint density at radius 1 is 1.25 bits per heavy atom. The molecule has 1 atom stereocenters. The van der Waals surface area contributed by atoms with E-state index in [2.05, 4.69) is 13.8 Å². The van der Waals surface area contributed by atoms with E-state index in [0.717, 1.165) is 12.8 Å². The standard InChI is InChI=1S/C14H28O2/c1-13(2,3)12(15)10-16-11-6-8-14(4,5)9-7-11/h11-12,15H,6-10H2,1-5H3. The molecule has 0 aromatic rings. The van der Waals surface area contributed by atoms with Crippen LogP contribution in [-0.2, 0) is 4.74 Å². The lowest BCUT2D eigenvalue weighted by Gasteiger charge is -2.35. The minimum Gasteiger partial charge on any atom is -0.390 e. The summed E-state index contributed by atoms with van der Waals surface area (Å²) in [6.45, 7) is 11.3. The Hall–Kier alpha value is -0.0800. The summed E-state index contributed by atoms with van der Waals surface area (Å²) in [6.07, 6.45) is 4.77. The van der Waals surface area contributed by atoms with Crippen molar-refractivity contribution in [3.05, 3.63) is 0 Å². The van der Waals surface area contributed by atoms with E-state index in [0.29, 0.717) is 18.1 Å². The molecule has 16 heavy (non-hydrogen) atoms. The molecule has 2 nitrogen and oxygen atoms in total. The molecule has 96 valence electrons. The molecule has 0 bridgehead atoms. The summed E-state index contributed by atoms with van der Waals surface area (Å²) < 4.78 is 5.81. The maximum Gasteiger partial charge on any atom is 0.0821 e. The highest BCUT2D eigenvalue weighted by Gasteiger charge is 2.29. The topological polar surface area (TPSA) is 29.5 Å². The Bertz CT molecular complexity index is 205. The van der Waals surface area contributed by atoms with Gasteiger partial charge in [-0.2, -0.15) is 0 Å². The van der Waals surface area contributed by atoms with Gasteiger partial charge in [-0.25, -0.2) is 0 Å². The fourth-order valence-corrected chi connectivity index (χ4v) is 2.02. The highest BCUT2D eigenvalue weighted by Crippen LogP contribution is 2.36. The minimum absolute atomic E-state index is 0.0755. The molecule has 1 aliphatic carbocycles. The SMILES string of the molecule is CC1(C)CCC(OCC(O)C(C)(C)C)CC1. The van der Waals surface area contributed by atoms with Crippen LogP contribution in [0.2, 0.25) is 0 Å². The van der Waals surface area contributed by atoms with E-state index in [9.17, 15) is 5.11 Å². The van der Waals surface area contributed by atoms with E-state index in [4.69, 9.17) is 4.74 Å². The van der Waals surface area contributed by atoms with Crippen molar-refractivity contribution < 1.29 is 9.84 Å². The lowest BCUT2D eigenvalue weighted by Crippen LogP contribution is -2.34. The van der Waals surface area contributed by atoms with Crippen LogP contribution in [-0.4, -0.2) is 23.9 Å². The van der Waals surface area contributed by atoms with Gasteiger partial charge < -0.3 is 9.84 Å². The zero-order valence-electron chi connectivity index (χ0n) is 11.5. The lowest BCUT2D eigenvalue weighted by atomic mass is 9.76. The molecular formula is C14H28O2. The summed E-state index contributed by atoms with van der Waals surface area (Å²) in [7, 11) is 0. The van der Waals surface area contributed by atoms with E-state index >= 15 is 0 Å². The Morgan fingerprint density at radius 3 is 2.19 bits per heavy atom. The van der Waals surface area contributed by atoms with Crippen LogP contribution in [0.3, 0.4) is 0 Å². The van der Waals surface area contributed by atoms with Gasteiger partial charge in [0.15, 0.2) is 0 Å². The number of hydrogen-bond acceptors (Lipinski definition) is 2. The van der Waals surface area contributed by atoms with Crippen LogP contribution in [0.4, 0.5) is 0 Å². The first kappa shape index (κ1) is 14.0. The summed E-state index contributed by atoms with van der Waals surface area (Å²) in [5, 5.41) is 9.89. The summed E-state index contributed by atoms with van der Waals surface area (Å²) in [5.74, 6) is 0. The molecule has 0 aromatic heterocycles. The monoisotopic (exact) mass is 228 g/mol. The predicted octanol–water partition coefficient (Wildman–Crippen LogP) is 3.38. The van der Waals surface area contributed by atoms with E-state index in [1.54, 1.807) is 0 Å². The van der Waals surface area contributed by atoms with Crippen molar-refractivity contribution in [2.24, 2.45) is 10.8 Å². The molecule has 0 heterocycles. The van der Waals surface area contributed by atoms with Crippen LogP contribution >= 0.6 is 0 Å². The normalized spacial score (nSPS) is 24.4. The number of aliphatic hydroxyl groups excluding tert-OH is 1. The molecule has 0 aromatic carbocycles. The number of rotatable bonds is 3. The first-order valence-corrected chi connectivity index (χ1v) is 6.50. The van der Waals surface area contributed by atoms with Crippen molar-refractivity contribution in [2.75, 3.05) is 6.61 Å². The third-order valence-corrected chi connectivity index (χ3v) is 3.78. The van der Waals surface area contributed by atoms with Crippen molar-refractivity contribution in [3.63, 3.8) is 0 Å². The minimum atomic E-state index is -0.359. The van der Waals surface area contributed by atoms with Crippen LogP contribution in [0.1, 0.15) is 60.3 Å². The van der Waals surface area contributed by atoms with Gasteiger partial charge in [0, 0.05) is 0 Å². The smallest absolute Gasteiger partial charge is 0.0821 e. The van der Waals surface area contributed by atoms with Gasteiger partial charge >= 0.3 is 0 Å². The summed E-state index contributed by atoms with van der Waals surface area (Å²) in [5.41, 5.74) is 0.413. The average molecular weight is 228 g/mol. The van der Waals surface area contributed by atoms with Crippen LogP contribution in [0, 0.1) is 10.8 Å². The van der Waals surface area contributed by atoms with E-state index in [1.165, 1.54) is 12.8 Å². The van der Waals surface area contributed by atoms with E-state index < -0.39 is 0 Å². The van der Waals surface area contributed by atoms with Gasteiger partial charge in [0.2, 0.25) is 0 Å². The molecule has 0 spiro atoms. The molecule has 0 radical (unpaired) electrons. The molecule has 1 N–H and O–H groups in total. The van der Waals surface area contributed by atoms with Crippen molar-refractivity contribution in [2.45, 2.75) is 72.5 Å². The van der Waals surface area contributed by atoms with E-state index in [1.807, 2.05) is 20.8 Å². The molecule has 1 aliphatic rings. The quantitative estimate of drug-likeness (QED) is 0.802. The summed E-state index contributed by atoms with van der Waals surface area (Å²) >= 11 is 0. The van der Waals surface area contributed by atoms with Gasteiger partial charge in [-0.3, -0.25) is 0 Å². The second-order valence-electron chi connectivity index (χ2n) is 7.08. The molecule has 1 rings (SSSR count). The van der Waals surface area contributed by atoms with Gasteiger partial charge in [-0.05, 0) is 36.5 Å². The Labute approximate surface area is 100 Å². The van der Waals surface area contributed by atoms with Crippen molar-refractivity contribution in [1.82, 2.24) is 0 Å². The highest BCUT2D eigenvalue weighted by molar-refractivity contribution is 4.80.